The second-order valence-electron chi connectivity index (χ2n) is 3.94. The molecule has 1 aliphatic carbocycles. The summed E-state index contributed by atoms with van der Waals surface area (Å²) in [6.45, 7) is 6.24. The van der Waals surface area contributed by atoms with Gasteiger partial charge in [-0.1, -0.05) is 24.6 Å². The molecule has 1 heterocycles. The molecule has 2 rings (SSSR count). The summed E-state index contributed by atoms with van der Waals surface area (Å²) >= 11 is 0. The van der Waals surface area contributed by atoms with E-state index >= 15 is 0 Å². The van der Waals surface area contributed by atoms with Gasteiger partial charge in [0.1, 0.15) is 0 Å². The molecule has 1 aliphatic heterocycles. The second kappa shape index (κ2) is 2.21. The third kappa shape index (κ3) is 1.04. The van der Waals surface area contributed by atoms with E-state index in [2.05, 4.69) is 26.0 Å². The molecule has 0 aromatic heterocycles. The van der Waals surface area contributed by atoms with E-state index in [9.17, 15) is 0 Å². The fourth-order valence-electron chi connectivity index (χ4n) is 1.98. The highest BCUT2D eigenvalue weighted by Crippen LogP contribution is 2.41. The van der Waals surface area contributed by atoms with E-state index in [4.69, 9.17) is 4.74 Å². The Kier molecular flexibility index (Phi) is 1.43. The highest BCUT2D eigenvalue weighted by molar-refractivity contribution is 5.31. The van der Waals surface area contributed by atoms with Crippen molar-refractivity contribution in [1.82, 2.24) is 0 Å². The minimum atomic E-state index is 0.332. The van der Waals surface area contributed by atoms with Gasteiger partial charge < -0.3 is 4.74 Å². The first-order chi connectivity index (χ1) is 5.21. The first-order valence-corrected chi connectivity index (χ1v) is 4.15. The maximum absolute atomic E-state index is 5.44. The lowest BCUT2D eigenvalue weighted by atomic mass is 9.76. The molecule has 0 saturated carbocycles. The van der Waals surface area contributed by atoms with Crippen LogP contribution in [0.15, 0.2) is 23.3 Å². The van der Waals surface area contributed by atoms with Gasteiger partial charge in [0, 0.05) is 5.41 Å². The zero-order valence-corrected chi connectivity index (χ0v) is 7.18. The Morgan fingerprint density at radius 2 is 2.27 bits per heavy atom. The average Bonchev–Trinajstić information content (AvgIpc) is 2.28. The fraction of sp³-hybridized carbons (Fsp3) is 0.600. The monoisotopic (exact) mass is 150 g/mol. The van der Waals surface area contributed by atoms with Gasteiger partial charge in [0.2, 0.25) is 0 Å². The van der Waals surface area contributed by atoms with Crippen LogP contribution in [0.4, 0.5) is 0 Å². The lowest BCUT2D eigenvalue weighted by molar-refractivity contribution is 0.159. The Morgan fingerprint density at radius 1 is 1.45 bits per heavy atom. The Labute approximate surface area is 67.7 Å². The number of fused-ring (bicyclic) bond motifs is 1. The average molecular weight is 150 g/mol. The normalized spacial score (nSPS) is 36.2. The van der Waals surface area contributed by atoms with E-state index in [1.165, 1.54) is 17.6 Å². The third-order valence-electron chi connectivity index (χ3n) is 2.69. The molecule has 0 aromatic carbocycles. The SMILES string of the molecule is CC1=CC=C2COCC2(C)C1. The molecule has 1 atom stereocenters. The minimum Gasteiger partial charge on any atom is -0.376 e. The van der Waals surface area contributed by atoms with Crippen molar-refractivity contribution >= 4 is 0 Å². The summed E-state index contributed by atoms with van der Waals surface area (Å²) in [6, 6.07) is 0. The van der Waals surface area contributed by atoms with Gasteiger partial charge in [0.05, 0.1) is 13.2 Å². The molecular formula is C10H14O. The number of ether oxygens (including phenoxy) is 1. The molecule has 0 amide bonds. The second-order valence-corrected chi connectivity index (χ2v) is 3.94. The van der Waals surface area contributed by atoms with Gasteiger partial charge >= 0.3 is 0 Å². The summed E-state index contributed by atoms with van der Waals surface area (Å²) in [5.74, 6) is 0. The van der Waals surface area contributed by atoms with Crippen molar-refractivity contribution in [3.8, 4) is 0 Å². The topological polar surface area (TPSA) is 9.23 Å². The minimum absolute atomic E-state index is 0.332. The highest BCUT2D eigenvalue weighted by Gasteiger charge is 2.35. The Hall–Kier alpha value is -0.560. The van der Waals surface area contributed by atoms with Crippen molar-refractivity contribution in [2.75, 3.05) is 13.2 Å². The molecule has 0 bridgehead atoms. The van der Waals surface area contributed by atoms with Gasteiger partial charge in [-0.15, -0.1) is 0 Å². The van der Waals surface area contributed by atoms with Gasteiger partial charge in [0.25, 0.3) is 0 Å². The molecule has 0 spiro atoms. The molecule has 1 saturated heterocycles. The maximum Gasteiger partial charge on any atom is 0.0686 e. The first-order valence-electron chi connectivity index (χ1n) is 4.15. The van der Waals surface area contributed by atoms with E-state index in [-0.39, 0.29) is 0 Å². The molecule has 1 heteroatoms. The third-order valence-corrected chi connectivity index (χ3v) is 2.69. The first kappa shape index (κ1) is 7.11. The summed E-state index contributed by atoms with van der Waals surface area (Å²) in [7, 11) is 0. The standard InChI is InChI=1S/C10H14O/c1-8-3-4-9-6-11-7-10(9,2)5-8/h3-4H,5-7H2,1-2H3. The Bertz CT molecular complexity index is 237. The molecule has 1 nitrogen and oxygen atoms in total. The summed E-state index contributed by atoms with van der Waals surface area (Å²) in [5.41, 5.74) is 3.28. The van der Waals surface area contributed by atoms with Crippen LogP contribution in [0.5, 0.6) is 0 Å². The summed E-state index contributed by atoms with van der Waals surface area (Å²) in [5, 5.41) is 0. The molecule has 11 heavy (non-hydrogen) atoms. The molecule has 0 aromatic rings. The van der Waals surface area contributed by atoms with E-state index < -0.39 is 0 Å². The van der Waals surface area contributed by atoms with E-state index in [0.29, 0.717) is 5.41 Å². The molecule has 1 fully saturated rings. The molecule has 1 unspecified atom stereocenters. The van der Waals surface area contributed by atoms with Crippen LogP contribution in [0.1, 0.15) is 20.3 Å². The highest BCUT2D eigenvalue weighted by atomic mass is 16.5. The lowest BCUT2D eigenvalue weighted by Gasteiger charge is -2.27. The lowest BCUT2D eigenvalue weighted by Crippen LogP contribution is -2.20. The number of rotatable bonds is 0. The van der Waals surface area contributed by atoms with Crippen molar-refractivity contribution in [2.45, 2.75) is 20.3 Å². The van der Waals surface area contributed by atoms with E-state index in [1.807, 2.05) is 0 Å². The van der Waals surface area contributed by atoms with Gasteiger partial charge in [-0.25, -0.2) is 0 Å². The van der Waals surface area contributed by atoms with Crippen molar-refractivity contribution in [2.24, 2.45) is 5.41 Å². The molecule has 60 valence electrons. The van der Waals surface area contributed by atoms with Crippen molar-refractivity contribution in [3.63, 3.8) is 0 Å². The van der Waals surface area contributed by atoms with Crippen LogP contribution >= 0.6 is 0 Å². The van der Waals surface area contributed by atoms with Gasteiger partial charge in [-0.2, -0.15) is 0 Å². The van der Waals surface area contributed by atoms with Crippen LogP contribution in [-0.2, 0) is 4.74 Å². The van der Waals surface area contributed by atoms with Crippen LogP contribution < -0.4 is 0 Å². The van der Waals surface area contributed by atoms with Crippen molar-refractivity contribution in [3.05, 3.63) is 23.3 Å². The summed E-state index contributed by atoms with van der Waals surface area (Å²) < 4.78 is 5.44. The maximum atomic E-state index is 5.44. The smallest absolute Gasteiger partial charge is 0.0686 e. The van der Waals surface area contributed by atoms with Crippen LogP contribution in [0.3, 0.4) is 0 Å². The largest absolute Gasteiger partial charge is 0.376 e. The number of allylic oxidation sites excluding steroid dienone is 3. The number of hydrogen-bond acceptors (Lipinski definition) is 1. The Balaban J connectivity index is 2.34. The quantitative estimate of drug-likeness (QED) is 0.515. The van der Waals surface area contributed by atoms with Gasteiger partial charge in [-0.3, -0.25) is 0 Å². The zero-order valence-electron chi connectivity index (χ0n) is 7.18. The van der Waals surface area contributed by atoms with Crippen molar-refractivity contribution in [1.29, 1.82) is 0 Å². The molecule has 0 radical (unpaired) electrons. The van der Waals surface area contributed by atoms with Crippen molar-refractivity contribution < 1.29 is 4.74 Å². The summed E-state index contributed by atoms with van der Waals surface area (Å²) in [4.78, 5) is 0. The Morgan fingerprint density at radius 3 is 3.09 bits per heavy atom. The predicted octanol–water partition coefficient (Wildman–Crippen LogP) is 2.30. The van der Waals surface area contributed by atoms with Gasteiger partial charge in [0.15, 0.2) is 0 Å². The van der Waals surface area contributed by atoms with Gasteiger partial charge in [-0.05, 0) is 18.9 Å². The molecule has 2 aliphatic rings. The zero-order chi connectivity index (χ0) is 7.90. The van der Waals surface area contributed by atoms with Crippen LogP contribution in [0.25, 0.3) is 0 Å². The fourth-order valence-corrected chi connectivity index (χ4v) is 1.98. The van der Waals surface area contributed by atoms with Crippen LogP contribution in [0.2, 0.25) is 0 Å². The predicted molar refractivity (Wildman–Crippen MR) is 45.4 cm³/mol. The summed E-state index contributed by atoms with van der Waals surface area (Å²) in [6.07, 6.45) is 5.62. The molecule has 0 N–H and O–H groups in total. The number of hydrogen-bond donors (Lipinski definition) is 0. The van der Waals surface area contributed by atoms with Crippen LogP contribution in [0, 0.1) is 5.41 Å². The van der Waals surface area contributed by atoms with E-state index in [1.54, 1.807) is 0 Å². The van der Waals surface area contributed by atoms with E-state index in [0.717, 1.165) is 13.2 Å². The van der Waals surface area contributed by atoms with Crippen LogP contribution in [-0.4, -0.2) is 13.2 Å². The molecular weight excluding hydrogens is 136 g/mol.